The predicted octanol–water partition coefficient (Wildman–Crippen LogP) is 4.18. The molecule has 9 heteroatoms. The number of carbonyl (C=O) groups excluding carboxylic acids is 1. The first kappa shape index (κ1) is 21.0. The molecule has 2 N–H and O–H groups in total. The number of methoxy groups -OCH3 is 1. The number of halogens is 1. The number of rotatable bonds is 5. The number of amides is 2. The van der Waals surface area contributed by atoms with Gasteiger partial charge in [0.1, 0.15) is 10.8 Å². The van der Waals surface area contributed by atoms with E-state index < -0.39 is 0 Å². The van der Waals surface area contributed by atoms with Crippen molar-refractivity contribution in [3.63, 3.8) is 0 Å². The molecule has 2 aromatic heterocycles. The fourth-order valence-electron chi connectivity index (χ4n) is 3.82. The Morgan fingerprint density at radius 1 is 1.26 bits per heavy atom. The second-order valence-electron chi connectivity index (χ2n) is 7.49. The van der Waals surface area contributed by atoms with Crippen LogP contribution in [-0.2, 0) is 0 Å². The lowest BCUT2D eigenvalue weighted by atomic mass is 9.86. The Hall–Kier alpha value is -3.20. The van der Waals surface area contributed by atoms with Gasteiger partial charge in [-0.1, -0.05) is 6.07 Å². The third kappa shape index (κ3) is 5.11. The fraction of sp³-hybridized carbons (Fsp3) is 0.318. The molecule has 1 aromatic carbocycles. The molecule has 1 aliphatic rings. The van der Waals surface area contributed by atoms with Crippen molar-refractivity contribution in [1.29, 1.82) is 0 Å². The van der Waals surface area contributed by atoms with Crippen molar-refractivity contribution in [3.8, 4) is 5.88 Å². The van der Waals surface area contributed by atoms with Crippen molar-refractivity contribution < 1.29 is 13.9 Å². The van der Waals surface area contributed by atoms with Gasteiger partial charge in [-0.15, -0.1) is 0 Å². The van der Waals surface area contributed by atoms with Gasteiger partial charge in [-0.2, -0.15) is 4.37 Å². The van der Waals surface area contributed by atoms with E-state index in [4.69, 9.17) is 4.74 Å². The largest absolute Gasteiger partial charge is 0.481 e. The molecule has 7 nitrogen and oxygen atoms in total. The van der Waals surface area contributed by atoms with E-state index in [1.807, 2.05) is 25.1 Å². The smallest absolute Gasteiger partial charge is 0.320 e. The molecule has 2 atom stereocenters. The quantitative estimate of drug-likeness (QED) is 0.621. The van der Waals surface area contributed by atoms with Crippen molar-refractivity contribution >= 4 is 28.3 Å². The molecule has 2 amide bonds. The molecule has 0 aliphatic carbocycles. The minimum Gasteiger partial charge on any atom is -0.481 e. The maximum Gasteiger partial charge on any atom is 0.320 e. The van der Waals surface area contributed by atoms with E-state index in [0.717, 1.165) is 29.9 Å². The van der Waals surface area contributed by atoms with Gasteiger partial charge < -0.3 is 15.0 Å². The van der Waals surface area contributed by atoms with Crippen LogP contribution in [0, 0.1) is 12.7 Å². The van der Waals surface area contributed by atoms with Crippen LogP contribution in [-0.4, -0.2) is 41.6 Å². The van der Waals surface area contributed by atoms with Crippen LogP contribution >= 0.6 is 11.5 Å². The second-order valence-corrected chi connectivity index (χ2v) is 8.29. The molecule has 0 spiro atoms. The van der Waals surface area contributed by atoms with E-state index in [1.165, 1.54) is 23.7 Å². The summed E-state index contributed by atoms with van der Waals surface area (Å²) in [6, 6.07) is 11.8. The maximum atomic E-state index is 13.4. The second kappa shape index (κ2) is 9.30. The highest BCUT2D eigenvalue weighted by atomic mass is 32.1. The Balaban J connectivity index is 1.52. The van der Waals surface area contributed by atoms with Gasteiger partial charge >= 0.3 is 6.03 Å². The van der Waals surface area contributed by atoms with Crippen molar-refractivity contribution in [2.24, 2.45) is 0 Å². The highest BCUT2D eigenvalue weighted by molar-refractivity contribution is 7.10. The number of ether oxygens (including phenoxy) is 1. The molecule has 3 heterocycles. The molecular formula is C22H24FN5O2S. The molecule has 1 saturated heterocycles. The summed E-state index contributed by atoms with van der Waals surface area (Å²) in [5, 5.41) is 6.69. The minimum atomic E-state index is -0.258. The summed E-state index contributed by atoms with van der Waals surface area (Å²) in [5.41, 5.74) is 2.83. The molecule has 0 radical (unpaired) electrons. The van der Waals surface area contributed by atoms with Gasteiger partial charge in [-0.05, 0) is 60.8 Å². The van der Waals surface area contributed by atoms with E-state index in [2.05, 4.69) is 24.9 Å². The summed E-state index contributed by atoms with van der Waals surface area (Å²) in [7, 11) is 1.58. The number of benzene rings is 1. The van der Waals surface area contributed by atoms with E-state index in [-0.39, 0.29) is 23.8 Å². The lowest BCUT2D eigenvalue weighted by Crippen LogP contribution is -2.50. The van der Waals surface area contributed by atoms with Crippen molar-refractivity contribution in [1.82, 2.24) is 14.7 Å². The van der Waals surface area contributed by atoms with Crippen LogP contribution in [0.25, 0.3) is 0 Å². The first-order chi connectivity index (χ1) is 15.0. The summed E-state index contributed by atoms with van der Waals surface area (Å²) in [6.45, 7) is 3.30. The normalized spacial score (nSPS) is 18.5. The SMILES string of the molecule is COc1ccc([C@@H]2CN(c3ccc(F)cc3)CC[C@H]2NC(=O)Nc2cc(C)ns2)cn1. The summed E-state index contributed by atoms with van der Waals surface area (Å²) >= 11 is 1.26. The zero-order valence-electron chi connectivity index (χ0n) is 17.3. The molecule has 0 saturated carbocycles. The molecular weight excluding hydrogens is 417 g/mol. The first-order valence-electron chi connectivity index (χ1n) is 10.0. The van der Waals surface area contributed by atoms with Crippen LogP contribution < -0.4 is 20.3 Å². The van der Waals surface area contributed by atoms with Crippen molar-refractivity contribution in [2.75, 3.05) is 30.4 Å². The van der Waals surface area contributed by atoms with Crippen molar-refractivity contribution in [2.45, 2.75) is 25.3 Å². The number of hydrogen-bond donors (Lipinski definition) is 2. The number of hydrogen-bond acceptors (Lipinski definition) is 6. The Labute approximate surface area is 184 Å². The number of nitrogens with one attached hydrogen (secondary N) is 2. The Morgan fingerprint density at radius 2 is 2.06 bits per heavy atom. The van der Waals surface area contributed by atoms with Gasteiger partial charge in [0, 0.05) is 43.0 Å². The van der Waals surface area contributed by atoms with Crippen LogP contribution in [0.1, 0.15) is 23.6 Å². The van der Waals surface area contributed by atoms with Gasteiger partial charge in [-0.25, -0.2) is 14.2 Å². The standard InChI is InChI=1S/C22H24FN5O2S/c1-14-11-21(31-27-14)26-22(29)25-19-9-10-28(17-6-4-16(23)5-7-17)13-18(19)15-3-8-20(30-2)24-12-15/h3-8,11-12,18-19H,9-10,13H2,1-2H3,(H2,25,26,29)/t18-,19+/m0/s1. The molecule has 1 fully saturated rings. The van der Waals surface area contributed by atoms with E-state index in [9.17, 15) is 9.18 Å². The van der Waals surface area contributed by atoms with Crippen LogP contribution in [0.5, 0.6) is 5.88 Å². The molecule has 31 heavy (non-hydrogen) atoms. The number of nitrogens with zero attached hydrogens (tertiary/aromatic N) is 3. The van der Waals surface area contributed by atoms with Gasteiger partial charge in [0.05, 0.1) is 12.8 Å². The Kier molecular flexibility index (Phi) is 6.31. The van der Waals surface area contributed by atoms with Crippen LogP contribution in [0.2, 0.25) is 0 Å². The van der Waals surface area contributed by atoms with Gasteiger partial charge in [0.25, 0.3) is 0 Å². The van der Waals surface area contributed by atoms with E-state index in [0.29, 0.717) is 17.4 Å². The summed E-state index contributed by atoms with van der Waals surface area (Å²) < 4.78 is 22.7. The molecule has 0 bridgehead atoms. The third-order valence-corrected chi connectivity index (χ3v) is 6.18. The number of pyridine rings is 1. The monoisotopic (exact) mass is 441 g/mol. The highest BCUT2D eigenvalue weighted by Gasteiger charge is 2.32. The molecule has 1 aliphatic heterocycles. The number of urea groups is 1. The number of aryl methyl sites for hydroxylation is 1. The number of piperidine rings is 1. The summed E-state index contributed by atoms with van der Waals surface area (Å²) in [4.78, 5) is 19.2. The molecule has 3 aromatic rings. The van der Waals surface area contributed by atoms with Crippen LogP contribution in [0.4, 0.5) is 19.9 Å². The predicted molar refractivity (Wildman–Crippen MR) is 120 cm³/mol. The van der Waals surface area contributed by atoms with Crippen LogP contribution in [0.3, 0.4) is 0 Å². The molecule has 4 rings (SSSR count). The van der Waals surface area contributed by atoms with Crippen molar-refractivity contribution in [3.05, 3.63) is 65.7 Å². The molecule has 0 unspecified atom stereocenters. The summed E-state index contributed by atoms with van der Waals surface area (Å²) in [6.07, 6.45) is 2.53. The topological polar surface area (TPSA) is 79.4 Å². The zero-order valence-corrected chi connectivity index (χ0v) is 18.2. The average molecular weight is 442 g/mol. The van der Waals surface area contributed by atoms with E-state index in [1.54, 1.807) is 25.4 Å². The Bertz CT molecular complexity index is 1030. The third-order valence-electron chi connectivity index (χ3n) is 5.38. The maximum absolute atomic E-state index is 13.4. The lowest BCUT2D eigenvalue weighted by molar-refractivity contribution is 0.243. The minimum absolute atomic E-state index is 0.00570. The average Bonchev–Trinajstić information content (AvgIpc) is 3.19. The fourth-order valence-corrected chi connectivity index (χ4v) is 4.48. The first-order valence-corrected chi connectivity index (χ1v) is 10.8. The van der Waals surface area contributed by atoms with Gasteiger partial charge in [0.15, 0.2) is 0 Å². The Morgan fingerprint density at radius 3 is 2.71 bits per heavy atom. The van der Waals surface area contributed by atoms with Gasteiger partial charge in [-0.3, -0.25) is 5.32 Å². The lowest BCUT2D eigenvalue weighted by Gasteiger charge is -2.40. The highest BCUT2D eigenvalue weighted by Crippen LogP contribution is 2.31. The molecule has 162 valence electrons. The van der Waals surface area contributed by atoms with E-state index >= 15 is 0 Å². The van der Waals surface area contributed by atoms with Crippen LogP contribution in [0.15, 0.2) is 48.7 Å². The summed E-state index contributed by atoms with van der Waals surface area (Å²) in [5.74, 6) is 0.287. The number of aromatic nitrogens is 2. The van der Waals surface area contributed by atoms with Gasteiger partial charge in [0.2, 0.25) is 5.88 Å². The number of anilines is 2. The number of carbonyl (C=O) groups is 1. The zero-order chi connectivity index (χ0) is 21.8.